The van der Waals surface area contributed by atoms with E-state index in [0.717, 1.165) is 32.2 Å². The Morgan fingerprint density at radius 1 is 1.20 bits per heavy atom. The van der Waals surface area contributed by atoms with E-state index in [9.17, 15) is 9.59 Å². The molecule has 0 heterocycles. The van der Waals surface area contributed by atoms with Gasteiger partial charge in [0.25, 0.3) is 0 Å². The van der Waals surface area contributed by atoms with Gasteiger partial charge in [-0.25, -0.2) is 4.79 Å². The summed E-state index contributed by atoms with van der Waals surface area (Å²) < 4.78 is 0. The second kappa shape index (κ2) is 8.09. The third kappa shape index (κ3) is 5.77. The molecule has 20 heavy (non-hydrogen) atoms. The van der Waals surface area contributed by atoms with Gasteiger partial charge in [0.05, 0.1) is 5.92 Å². The van der Waals surface area contributed by atoms with Crippen molar-refractivity contribution in [3.8, 4) is 0 Å². The average molecular weight is 285 g/mol. The quantitative estimate of drug-likeness (QED) is 0.769. The molecular formula is C14H27N3O3. The first kappa shape index (κ1) is 16.8. The number of carbonyl (C=O) groups excluding carboxylic acids is 1. The fourth-order valence-corrected chi connectivity index (χ4v) is 2.56. The van der Waals surface area contributed by atoms with Crippen LogP contribution in [0.2, 0.25) is 0 Å². The molecule has 1 rings (SSSR count). The van der Waals surface area contributed by atoms with Crippen molar-refractivity contribution in [3.63, 3.8) is 0 Å². The summed E-state index contributed by atoms with van der Waals surface area (Å²) in [5, 5.41) is 12.0. The molecule has 1 aliphatic carbocycles. The molecule has 0 aromatic heterocycles. The highest BCUT2D eigenvalue weighted by Gasteiger charge is 2.28. The zero-order valence-corrected chi connectivity index (χ0v) is 12.8. The molecule has 0 aliphatic heterocycles. The molecule has 0 aromatic rings. The predicted octanol–water partition coefficient (Wildman–Crippen LogP) is 1.22. The lowest BCUT2D eigenvalue weighted by atomic mass is 9.86. The lowest BCUT2D eigenvalue weighted by Gasteiger charge is -2.29. The fourth-order valence-electron chi connectivity index (χ4n) is 2.56. The van der Waals surface area contributed by atoms with E-state index in [1.165, 1.54) is 0 Å². The second-order valence-electron chi connectivity index (χ2n) is 5.93. The van der Waals surface area contributed by atoms with Gasteiger partial charge in [-0.05, 0) is 46.3 Å². The molecule has 116 valence electrons. The van der Waals surface area contributed by atoms with E-state index < -0.39 is 5.97 Å². The molecule has 2 amide bonds. The molecule has 1 aliphatic rings. The van der Waals surface area contributed by atoms with Crippen molar-refractivity contribution in [1.29, 1.82) is 0 Å². The van der Waals surface area contributed by atoms with E-state index in [1.54, 1.807) is 11.9 Å². The summed E-state index contributed by atoms with van der Waals surface area (Å²) in [5.41, 5.74) is 0. The van der Waals surface area contributed by atoms with Crippen LogP contribution in [0.25, 0.3) is 0 Å². The minimum absolute atomic E-state index is 0.00588. The van der Waals surface area contributed by atoms with Crippen LogP contribution in [0.5, 0.6) is 0 Å². The minimum Gasteiger partial charge on any atom is -0.481 e. The summed E-state index contributed by atoms with van der Waals surface area (Å²) in [6, 6.07) is -0.103. The van der Waals surface area contributed by atoms with E-state index in [4.69, 9.17) is 5.11 Å². The van der Waals surface area contributed by atoms with Crippen LogP contribution in [0, 0.1) is 5.92 Å². The van der Waals surface area contributed by atoms with E-state index in [-0.39, 0.29) is 18.0 Å². The molecule has 2 N–H and O–H groups in total. The molecule has 0 saturated heterocycles. The summed E-state index contributed by atoms with van der Waals surface area (Å²) >= 11 is 0. The number of carboxylic acids is 1. The maximum absolute atomic E-state index is 12.0. The highest BCUT2D eigenvalue weighted by atomic mass is 16.4. The number of carbonyl (C=O) groups is 2. The van der Waals surface area contributed by atoms with Crippen molar-refractivity contribution in [3.05, 3.63) is 0 Å². The zero-order chi connectivity index (χ0) is 15.1. The van der Waals surface area contributed by atoms with Crippen molar-refractivity contribution in [1.82, 2.24) is 15.1 Å². The standard InChI is InChI=1S/C14H27N3O3/c1-16(2)8-5-9-17(3)14(20)15-12-7-4-6-11(10-12)13(18)19/h11-12H,4-10H2,1-3H3,(H,15,20)(H,18,19). The first-order valence-electron chi connectivity index (χ1n) is 7.29. The number of amides is 2. The number of hydrogen-bond acceptors (Lipinski definition) is 3. The molecule has 6 nitrogen and oxygen atoms in total. The van der Waals surface area contributed by atoms with Gasteiger partial charge >= 0.3 is 12.0 Å². The SMILES string of the molecule is CN(C)CCCN(C)C(=O)NC1CCCC(C(=O)O)C1. The third-order valence-electron chi connectivity index (χ3n) is 3.80. The van der Waals surface area contributed by atoms with Crippen molar-refractivity contribution in [2.75, 3.05) is 34.2 Å². The molecule has 0 bridgehead atoms. The second-order valence-corrected chi connectivity index (χ2v) is 5.93. The normalized spacial score (nSPS) is 22.6. The predicted molar refractivity (Wildman–Crippen MR) is 77.7 cm³/mol. The van der Waals surface area contributed by atoms with Crippen LogP contribution in [-0.4, -0.2) is 67.2 Å². The zero-order valence-electron chi connectivity index (χ0n) is 12.8. The lowest BCUT2D eigenvalue weighted by molar-refractivity contribution is -0.143. The Morgan fingerprint density at radius 3 is 2.50 bits per heavy atom. The first-order valence-corrected chi connectivity index (χ1v) is 7.29. The van der Waals surface area contributed by atoms with Crippen LogP contribution in [0.3, 0.4) is 0 Å². The van der Waals surface area contributed by atoms with Gasteiger partial charge in [0.2, 0.25) is 0 Å². The number of nitrogens with zero attached hydrogens (tertiary/aromatic N) is 2. The Kier molecular flexibility index (Phi) is 6.78. The van der Waals surface area contributed by atoms with Crippen molar-refractivity contribution >= 4 is 12.0 Å². The number of hydrogen-bond donors (Lipinski definition) is 2. The Labute approximate surface area is 121 Å². The van der Waals surface area contributed by atoms with E-state index in [0.29, 0.717) is 13.0 Å². The fraction of sp³-hybridized carbons (Fsp3) is 0.857. The van der Waals surface area contributed by atoms with Crippen LogP contribution in [0.4, 0.5) is 4.79 Å². The Balaban J connectivity index is 2.31. The summed E-state index contributed by atoms with van der Waals surface area (Å²) in [6.45, 7) is 1.65. The minimum atomic E-state index is -0.747. The van der Waals surface area contributed by atoms with Crippen LogP contribution in [-0.2, 0) is 4.79 Å². The van der Waals surface area contributed by atoms with Crippen molar-refractivity contribution in [2.24, 2.45) is 5.92 Å². The largest absolute Gasteiger partial charge is 0.481 e. The van der Waals surface area contributed by atoms with E-state index in [2.05, 4.69) is 10.2 Å². The Morgan fingerprint density at radius 2 is 1.90 bits per heavy atom. The molecule has 1 fully saturated rings. The number of nitrogens with one attached hydrogen (secondary N) is 1. The molecule has 0 aromatic carbocycles. The molecule has 2 atom stereocenters. The molecule has 2 unspecified atom stereocenters. The molecule has 1 saturated carbocycles. The molecule has 0 spiro atoms. The van der Waals surface area contributed by atoms with Gasteiger partial charge in [-0.2, -0.15) is 0 Å². The van der Waals surface area contributed by atoms with E-state index in [1.807, 2.05) is 14.1 Å². The monoisotopic (exact) mass is 285 g/mol. The smallest absolute Gasteiger partial charge is 0.317 e. The average Bonchev–Trinajstić information content (AvgIpc) is 2.38. The number of carboxylic acid groups (broad SMARTS) is 1. The maximum Gasteiger partial charge on any atom is 0.317 e. The van der Waals surface area contributed by atoms with Gasteiger partial charge in [0.1, 0.15) is 0 Å². The number of urea groups is 1. The van der Waals surface area contributed by atoms with Gasteiger partial charge in [0.15, 0.2) is 0 Å². The number of rotatable bonds is 6. The lowest BCUT2D eigenvalue weighted by Crippen LogP contribution is -2.46. The highest BCUT2D eigenvalue weighted by Crippen LogP contribution is 2.24. The molecular weight excluding hydrogens is 258 g/mol. The van der Waals surface area contributed by atoms with Crippen molar-refractivity contribution in [2.45, 2.75) is 38.1 Å². The van der Waals surface area contributed by atoms with Gasteiger partial charge in [0, 0.05) is 19.6 Å². The molecule has 0 radical (unpaired) electrons. The summed E-state index contributed by atoms with van der Waals surface area (Å²) in [5.74, 6) is -1.06. The van der Waals surface area contributed by atoms with E-state index >= 15 is 0 Å². The Bertz CT molecular complexity index is 334. The van der Waals surface area contributed by atoms with Crippen LogP contribution >= 0.6 is 0 Å². The van der Waals surface area contributed by atoms with Crippen molar-refractivity contribution < 1.29 is 14.7 Å². The summed E-state index contributed by atoms with van der Waals surface area (Å²) in [4.78, 5) is 26.8. The molecule has 6 heteroatoms. The van der Waals surface area contributed by atoms with Crippen LogP contribution in [0.15, 0.2) is 0 Å². The highest BCUT2D eigenvalue weighted by molar-refractivity contribution is 5.74. The van der Waals surface area contributed by atoms with Gasteiger partial charge in [-0.3, -0.25) is 4.79 Å². The van der Waals surface area contributed by atoms with Gasteiger partial charge in [-0.1, -0.05) is 6.42 Å². The number of aliphatic carboxylic acids is 1. The van der Waals surface area contributed by atoms with Gasteiger partial charge in [-0.15, -0.1) is 0 Å². The first-order chi connectivity index (χ1) is 9.40. The van der Waals surface area contributed by atoms with Gasteiger partial charge < -0.3 is 20.2 Å². The summed E-state index contributed by atoms with van der Waals surface area (Å²) in [7, 11) is 5.80. The third-order valence-corrected chi connectivity index (χ3v) is 3.80. The topological polar surface area (TPSA) is 72.9 Å². The van der Waals surface area contributed by atoms with Crippen LogP contribution < -0.4 is 5.32 Å². The Hall–Kier alpha value is -1.30. The summed E-state index contributed by atoms with van der Waals surface area (Å²) in [6.07, 6.45) is 3.94. The maximum atomic E-state index is 12.0. The van der Waals surface area contributed by atoms with Crippen LogP contribution in [0.1, 0.15) is 32.1 Å².